The molecule has 0 atom stereocenters. The van der Waals surface area contributed by atoms with Gasteiger partial charge in [0.25, 0.3) is 0 Å². The third-order valence-corrected chi connectivity index (χ3v) is 4.03. The Kier molecular flexibility index (Phi) is 4.86. The summed E-state index contributed by atoms with van der Waals surface area (Å²) < 4.78 is 27.7. The zero-order valence-electron chi connectivity index (χ0n) is 11.1. The van der Waals surface area contributed by atoms with Crippen LogP contribution in [-0.2, 0) is 16.4 Å². The summed E-state index contributed by atoms with van der Waals surface area (Å²) in [4.78, 5) is 0. The van der Waals surface area contributed by atoms with Crippen LogP contribution in [0, 0.1) is 0 Å². The second-order valence-corrected chi connectivity index (χ2v) is 7.22. The fourth-order valence-electron chi connectivity index (χ4n) is 1.75. The predicted octanol–water partition coefficient (Wildman–Crippen LogP) is 2.73. The number of hydrogen-bond donors (Lipinski definition) is 1. The number of nitrogens with one attached hydrogen (secondary N) is 1. The molecule has 0 aliphatic carbocycles. The Labute approximate surface area is 123 Å². The molecule has 0 amide bonds. The Hall–Kier alpha value is -1.30. The molecule has 1 aromatic heterocycles. The van der Waals surface area contributed by atoms with E-state index in [2.05, 4.69) is 5.32 Å². The van der Waals surface area contributed by atoms with Crippen molar-refractivity contribution in [2.45, 2.75) is 6.54 Å². The Bertz CT molecular complexity index is 679. The minimum atomic E-state index is -2.93. The van der Waals surface area contributed by atoms with Gasteiger partial charge >= 0.3 is 0 Å². The third-order valence-electron chi connectivity index (χ3n) is 2.75. The molecule has 4 nitrogen and oxygen atoms in total. The van der Waals surface area contributed by atoms with Crippen molar-refractivity contribution in [1.29, 1.82) is 0 Å². The van der Waals surface area contributed by atoms with Crippen LogP contribution in [0.4, 0.5) is 0 Å². The summed E-state index contributed by atoms with van der Waals surface area (Å²) >= 11 is 6.10. The molecule has 0 aliphatic rings. The molecule has 20 heavy (non-hydrogen) atoms. The molecule has 0 radical (unpaired) electrons. The number of sulfone groups is 1. The van der Waals surface area contributed by atoms with Crippen LogP contribution in [0.2, 0.25) is 5.02 Å². The largest absolute Gasteiger partial charge is 0.460 e. The lowest BCUT2D eigenvalue weighted by atomic mass is 10.2. The van der Waals surface area contributed by atoms with E-state index in [0.29, 0.717) is 23.9 Å². The van der Waals surface area contributed by atoms with Crippen LogP contribution in [0.1, 0.15) is 5.76 Å². The summed E-state index contributed by atoms with van der Waals surface area (Å²) in [6, 6.07) is 11.2. The van der Waals surface area contributed by atoms with Gasteiger partial charge in [-0.2, -0.15) is 0 Å². The van der Waals surface area contributed by atoms with Gasteiger partial charge < -0.3 is 9.73 Å². The van der Waals surface area contributed by atoms with Gasteiger partial charge in [0, 0.05) is 18.4 Å². The highest BCUT2D eigenvalue weighted by Crippen LogP contribution is 2.28. The topological polar surface area (TPSA) is 59.3 Å². The molecule has 6 heteroatoms. The first-order valence-corrected chi connectivity index (χ1v) is 8.61. The van der Waals surface area contributed by atoms with Gasteiger partial charge in [-0.05, 0) is 24.3 Å². The molecule has 1 N–H and O–H groups in total. The van der Waals surface area contributed by atoms with Crippen molar-refractivity contribution in [3.63, 3.8) is 0 Å². The van der Waals surface area contributed by atoms with Gasteiger partial charge in [0.1, 0.15) is 21.4 Å². The lowest BCUT2D eigenvalue weighted by Gasteiger charge is -2.02. The van der Waals surface area contributed by atoms with Gasteiger partial charge in [-0.3, -0.25) is 0 Å². The maximum Gasteiger partial charge on any atom is 0.148 e. The van der Waals surface area contributed by atoms with Crippen LogP contribution in [0.25, 0.3) is 11.3 Å². The molecule has 0 bridgehead atoms. The van der Waals surface area contributed by atoms with Crippen LogP contribution in [-0.4, -0.2) is 27.0 Å². The molecule has 1 heterocycles. The first kappa shape index (κ1) is 15.1. The van der Waals surface area contributed by atoms with Gasteiger partial charge in [-0.1, -0.05) is 23.7 Å². The number of halogens is 1. The highest BCUT2D eigenvalue weighted by atomic mass is 35.5. The molecule has 0 unspecified atom stereocenters. The standard InChI is InChI=1S/C14H16ClNO3S/c1-20(17,18)9-8-16-10-11-6-7-14(19-11)12-4-2-3-5-13(12)15/h2-7,16H,8-10H2,1H3. The lowest BCUT2D eigenvalue weighted by molar-refractivity contribution is 0.498. The molecule has 108 valence electrons. The minimum absolute atomic E-state index is 0.116. The van der Waals surface area contributed by atoms with E-state index in [1.54, 1.807) is 0 Å². The average Bonchev–Trinajstić information content (AvgIpc) is 2.83. The van der Waals surface area contributed by atoms with Crippen molar-refractivity contribution in [1.82, 2.24) is 5.32 Å². The normalized spacial score (nSPS) is 11.7. The van der Waals surface area contributed by atoms with E-state index in [1.165, 1.54) is 6.26 Å². The molecule has 0 aliphatic heterocycles. The molecular weight excluding hydrogens is 298 g/mol. The highest BCUT2D eigenvalue weighted by Gasteiger charge is 2.08. The molecule has 0 saturated heterocycles. The molecule has 2 rings (SSSR count). The second-order valence-electron chi connectivity index (χ2n) is 4.55. The monoisotopic (exact) mass is 313 g/mol. The summed E-state index contributed by atoms with van der Waals surface area (Å²) in [6.45, 7) is 0.890. The zero-order valence-corrected chi connectivity index (χ0v) is 12.7. The van der Waals surface area contributed by atoms with E-state index in [1.807, 2.05) is 36.4 Å². The highest BCUT2D eigenvalue weighted by molar-refractivity contribution is 7.90. The van der Waals surface area contributed by atoms with E-state index < -0.39 is 9.84 Å². The third kappa shape index (κ3) is 4.37. The Morgan fingerprint density at radius 2 is 1.95 bits per heavy atom. The molecule has 2 aromatic rings. The fourth-order valence-corrected chi connectivity index (χ4v) is 2.49. The SMILES string of the molecule is CS(=O)(=O)CCNCc1ccc(-c2ccccc2Cl)o1. The van der Waals surface area contributed by atoms with Gasteiger partial charge in [-0.15, -0.1) is 0 Å². The van der Waals surface area contributed by atoms with Crippen molar-refractivity contribution in [3.05, 3.63) is 47.2 Å². The van der Waals surface area contributed by atoms with Crippen molar-refractivity contribution in [3.8, 4) is 11.3 Å². The summed E-state index contributed by atoms with van der Waals surface area (Å²) in [6.07, 6.45) is 1.22. The van der Waals surface area contributed by atoms with E-state index in [9.17, 15) is 8.42 Å². The number of benzene rings is 1. The van der Waals surface area contributed by atoms with Crippen LogP contribution < -0.4 is 5.32 Å². The lowest BCUT2D eigenvalue weighted by Crippen LogP contribution is -2.21. The van der Waals surface area contributed by atoms with Crippen molar-refractivity contribution in [2.75, 3.05) is 18.6 Å². The van der Waals surface area contributed by atoms with Crippen LogP contribution >= 0.6 is 11.6 Å². The van der Waals surface area contributed by atoms with Gasteiger partial charge in [-0.25, -0.2) is 8.42 Å². The molecule has 0 spiro atoms. The first-order chi connectivity index (χ1) is 9.46. The summed E-state index contributed by atoms with van der Waals surface area (Å²) in [5, 5.41) is 3.67. The quantitative estimate of drug-likeness (QED) is 0.833. The summed E-state index contributed by atoms with van der Waals surface area (Å²) in [7, 11) is -2.93. The van der Waals surface area contributed by atoms with Gasteiger partial charge in [0.05, 0.1) is 17.3 Å². The second kappa shape index (κ2) is 6.43. The van der Waals surface area contributed by atoms with Gasteiger partial charge in [0.2, 0.25) is 0 Å². The summed E-state index contributed by atoms with van der Waals surface area (Å²) in [5.74, 6) is 1.56. The number of furan rings is 1. The Morgan fingerprint density at radius 1 is 1.20 bits per heavy atom. The van der Waals surface area contributed by atoms with E-state index in [-0.39, 0.29) is 5.75 Å². The smallest absolute Gasteiger partial charge is 0.148 e. The average molecular weight is 314 g/mol. The molecular formula is C14H16ClNO3S. The van der Waals surface area contributed by atoms with Crippen molar-refractivity contribution < 1.29 is 12.8 Å². The molecule has 0 fully saturated rings. The zero-order chi connectivity index (χ0) is 14.6. The van der Waals surface area contributed by atoms with Crippen LogP contribution in [0.3, 0.4) is 0 Å². The van der Waals surface area contributed by atoms with Crippen LogP contribution in [0.5, 0.6) is 0 Å². The fraction of sp³-hybridized carbons (Fsp3) is 0.286. The number of hydrogen-bond acceptors (Lipinski definition) is 4. The Morgan fingerprint density at radius 3 is 2.65 bits per heavy atom. The Balaban J connectivity index is 1.95. The maximum absolute atomic E-state index is 11.0. The summed E-state index contributed by atoms with van der Waals surface area (Å²) in [5.41, 5.74) is 0.844. The van der Waals surface area contributed by atoms with Crippen molar-refractivity contribution >= 4 is 21.4 Å². The molecule has 0 saturated carbocycles. The van der Waals surface area contributed by atoms with Gasteiger partial charge in [0.15, 0.2) is 0 Å². The predicted molar refractivity (Wildman–Crippen MR) is 80.6 cm³/mol. The van der Waals surface area contributed by atoms with E-state index >= 15 is 0 Å². The first-order valence-electron chi connectivity index (χ1n) is 6.18. The minimum Gasteiger partial charge on any atom is -0.460 e. The van der Waals surface area contributed by atoms with Crippen LogP contribution in [0.15, 0.2) is 40.8 Å². The van der Waals surface area contributed by atoms with E-state index in [0.717, 1.165) is 11.3 Å². The number of rotatable bonds is 6. The van der Waals surface area contributed by atoms with E-state index in [4.69, 9.17) is 16.0 Å². The molecule has 1 aromatic carbocycles. The maximum atomic E-state index is 11.0. The van der Waals surface area contributed by atoms with Crippen molar-refractivity contribution in [2.24, 2.45) is 0 Å².